The van der Waals surface area contributed by atoms with Gasteiger partial charge in [-0.15, -0.1) is 0 Å². The highest BCUT2D eigenvalue weighted by Gasteiger charge is 2.29. The van der Waals surface area contributed by atoms with Crippen LogP contribution in [0.4, 0.5) is 14.5 Å². The second-order valence-electron chi connectivity index (χ2n) is 7.77. The Morgan fingerprint density at radius 3 is 2.24 bits per heavy atom. The molecule has 1 saturated heterocycles. The van der Waals surface area contributed by atoms with E-state index < -0.39 is 11.6 Å². The second-order valence-corrected chi connectivity index (χ2v) is 7.77. The largest absolute Gasteiger partial charge is 0.331 e. The standard InChI is InChI=1S/C23H24F2N2O2/c24-20-7-3-8-21(25)19(20)15-27(17-5-1-2-6-17)23(29)16-10-12-18(13-11-16)26-14-4-9-22(26)28/h3,7-8,10-13,17H,1-2,4-6,9,14-15H2. The molecule has 2 fully saturated rings. The molecule has 29 heavy (non-hydrogen) atoms. The van der Waals surface area contributed by atoms with Crippen molar-refractivity contribution in [1.29, 1.82) is 0 Å². The molecule has 2 amide bonds. The summed E-state index contributed by atoms with van der Waals surface area (Å²) in [6, 6.07) is 10.7. The van der Waals surface area contributed by atoms with Gasteiger partial charge in [0.2, 0.25) is 5.91 Å². The SMILES string of the molecule is O=C1CCCN1c1ccc(C(=O)N(Cc2c(F)cccc2F)C2CCCC2)cc1. The van der Waals surface area contributed by atoms with Gasteiger partial charge in [-0.05, 0) is 55.7 Å². The Kier molecular flexibility index (Phi) is 5.60. The normalized spacial score (nSPS) is 17.2. The Labute approximate surface area is 169 Å². The van der Waals surface area contributed by atoms with Crippen LogP contribution in [-0.4, -0.2) is 29.3 Å². The van der Waals surface area contributed by atoms with Crippen molar-refractivity contribution in [2.45, 2.75) is 51.1 Å². The fourth-order valence-corrected chi connectivity index (χ4v) is 4.31. The number of hydrogen-bond donors (Lipinski definition) is 0. The highest BCUT2D eigenvalue weighted by Crippen LogP contribution is 2.29. The number of rotatable bonds is 5. The number of hydrogen-bond acceptors (Lipinski definition) is 2. The zero-order chi connectivity index (χ0) is 20.4. The highest BCUT2D eigenvalue weighted by atomic mass is 19.1. The minimum atomic E-state index is -0.635. The first-order valence-corrected chi connectivity index (χ1v) is 10.2. The third-order valence-electron chi connectivity index (χ3n) is 5.92. The molecule has 1 aliphatic heterocycles. The quantitative estimate of drug-likeness (QED) is 0.734. The molecular formula is C23H24F2N2O2. The van der Waals surface area contributed by atoms with Crippen molar-refractivity contribution in [3.63, 3.8) is 0 Å². The molecule has 1 aliphatic carbocycles. The van der Waals surface area contributed by atoms with E-state index in [2.05, 4.69) is 0 Å². The summed E-state index contributed by atoms with van der Waals surface area (Å²) in [5.41, 5.74) is 1.16. The zero-order valence-corrected chi connectivity index (χ0v) is 16.2. The third kappa shape index (κ3) is 4.02. The maximum absolute atomic E-state index is 14.2. The first-order valence-electron chi connectivity index (χ1n) is 10.2. The molecule has 0 radical (unpaired) electrons. The van der Waals surface area contributed by atoms with Crippen molar-refractivity contribution >= 4 is 17.5 Å². The molecule has 6 heteroatoms. The van der Waals surface area contributed by atoms with Crippen LogP contribution in [0, 0.1) is 11.6 Å². The smallest absolute Gasteiger partial charge is 0.254 e. The van der Waals surface area contributed by atoms with Gasteiger partial charge < -0.3 is 9.80 Å². The molecule has 2 aliphatic rings. The average Bonchev–Trinajstić information content (AvgIpc) is 3.39. The summed E-state index contributed by atoms with van der Waals surface area (Å²) in [6.07, 6.45) is 5.06. The lowest BCUT2D eigenvalue weighted by molar-refractivity contribution is -0.117. The van der Waals surface area contributed by atoms with Gasteiger partial charge in [0.05, 0.1) is 6.54 Å². The molecule has 152 valence electrons. The summed E-state index contributed by atoms with van der Waals surface area (Å²) in [5.74, 6) is -1.42. The minimum absolute atomic E-state index is 0.0265. The van der Waals surface area contributed by atoms with Crippen LogP contribution >= 0.6 is 0 Å². The summed E-state index contributed by atoms with van der Waals surface area (Å²) in [5, 5.41) is 0. The van der Waals surface area contributed by atoms with E-state index in [0.29, 0.717) is 18.5 Å². The van der Waals surface area contributed by atoms with Gasteiger partial charge in [-0.25, -0.2) is 8.78 Å². The van der Waals surface area contributed by atoms with Crippen molar-refractivity contribution < 1.29 is 18.4 Å². The lowest BCUT2D eigenvalue weighted by Gasteiger charge is -2.30. The molecule has 0 bridgehead atoms. The molecule has 0 aromatic heterocycles. The summed E-state index contributed by atoms with van der Waals surface area (Å²) in [6.45, 7) is 0.598. The minimum Gasteiger partial charge on any atom is -0.331 e. The number of nitrogens with zero attached hydrogens (tertiary/aromatic N) is 2. The van der Waals surface area contributed by atoms with Crippen LogP contribution in [0.15, 0.2) is 42.5 Å². The first kappa shape index (κ1) is 19.6. The highest BCUT2D eigenvalue weighted by molar-refractivity contribution is 5.97. The van der Waals surface area contributed by atoms with E-state index in [1.54, 1.807) is 34.1 Å². The summed E-state index contributed by atoms with van der Waals surface area (Å²) >= 11 is 0. The number of halogens is 2. The molecule has 0 spiro atoms. The first-order chi connectivity index (χ1) is 14.0. The number of amides is 2. The number of benzene rings is 2. The Hall–Kier alpha value is -2.76. The van der Waals surface area contributed by atoms with E-state index in [1.165, 1.54) is 18.2 Å². The maximum atomic E-state index is 14.2. The number of carbonyl (C=O) groups excluding carboxylic acids is 2. The average molecular weight is 398 g/mol. The van der Waals surface area contributed by atoms with Gasteiger partial charge in [0.25, 0.3) is 5.91 Å². The van der Waals surface area contributed by atoms with Crippen LogP contribution in [0.2, 0.25) is 0 Å². The fourth-order valence-electron chi connectivity index (χ4n) is 4.31. The Bertz CT molecular complexity index is 887. The van der Waals surface area contributed by atoms with Gasteiger partial charge in [-0.2, -0.15) is 0 Å². The van der Waals surface area contributed by atoms with Crippen molar-refractivity contribution in [2.24, 2.45) is 0 Å². The van der Waals surface area contributed by atoms with E-state index in [4.69, 9.17) is 0 Å². The molecule has 1 heterocycles. The van der Waals surface area contributed by atoms with Crippen molar-refractivity contribution in [3.8, 4) is 0 Å². The lowest BCUT2D eigenvalue weighted by Crippen LogP contribution is -2.38. The van der Waals surface area contributed by atoms with Crippen LogP contribution in [-0.2, 0) is 11.3 Å². The molecule has 0 atom stereocenters. The summed E-state index contributed by atoms with van der Waals surface area (Å²) in [4.78, 5) is 28.5. The van der Waals surface area contributed by atoms with Crippen molar-refractivity contribution in [3.05, 3.63) is 65.2 Å². The van der Waals surface area contributed by atoms with Gasteiger partial charge in [-0.1, -0.05) is 18.9 Å². The Morgan fingerprint density at radius 1 is 1.00 bits per heavy atom. The molecule has 4 nitrogen and oxygen atoms in total. The van der Waals surface area contributed by atoms with Crippen LogP contribution in [0.1, 0.15) is 54.4 Å². The summed E-state index contributed by atoms with van der Waals surface area (Å²) < 4.78 is 28.4. The third-order valence-corrected chi connectivity index (χ3v) is 5.92. The predicted molar refractivity (Wildman–Crippen MR) is 107 cm³/mol. The Balaban J connectivity index is 1.59. The van der Waals surface area contributed by atoms with E-state index in [9.17, 15) is 18.4 Å². The van der Waals surface area contributed by atoms with Crippen LogP contribution in [0.5, 0.6) is 0 Å². The molecule has 0 unspecified atom stereocenters. The van der Waals surface area contributed by atoms with E-state index in [-0.39, 0.29) is 30.0 Å². The van der Waals surface area contributed by atoms with Gasteiger partial charge in [0.1, 0.15) is 11.6 Å². The monoisotopic (exact) mass is 398 g/mol. The lowest BCUT2D eigenvalue weighted by atomic mass is 10.1. The van der Waals surface area contributed by atoms with Crippen molar-refractivity contribution in [1.82, 2.24) is 4.90 Å². The molecule has 4 rings (SSSR count). The second kappa shape index (κ2) is 8.31. The number of anilines is 1. The van der Waals surface area contributed by atoms with Gasteiger partial charge in [0.15, 0.2) is 0 Å². The van der Waals surface area contributed by atoms with Gasteiger partial charge in [0, 0.05) is 35.8 Å². The van der Waals surface area contributed by atoms with E-state index in [1.807, 2.05) is 0 Å². The maximum Gasteiger partial charge on any atom is 0.254 e. The van der Waals surface area contributed by atoms with Crippen LogP contribution in [0.3, 0.4) is 0 Å². The zero-order valence-electron chi connectivity index (χ0n) is 16.2. The molecule has 0 N–H and O–H groups in total. The summed E-state index contributed by atoms with van der Waals surface area (Å²) in [7, 11) is 0. The topological polar surface area (TPSA) is 40.6 Å². The van der Waals surface area contributed by atoms with E-state index >= 15 is 0 Å². The fraction of sp³-hybridized carbons (Fsp3) is 0.391. The Morgan fingerprint density at radius 2 is 1.66 bits per heavy atom. The van der Waals surface area contributed by atoms with Crippen molar-refractivity contribution in [2.75, 3.05) is 11.4 Å². The van der Waals surface area contributed by atoms with Gasteiger partial charge >= 0.3 is 0 Å². The number of carbonyl (C=O) groups is 2. The molecular weight excluding hydrogens is 374 g/mol. The predicted octanol–water partition coefficient (Wildman–Crippen LogP) is 4.68. The van der Waals surface area contributed by atoms with E-state index in [0.717, 1.165) is 37.8 Å². The van der Waals surface area contributed by atoms with Crippen LogP contribution in [0.25, 0.3) is 0 Å². The molecule has 2 aromatic rings. The molecule has 2 aromatic carbocycles. The van der Waals surface area contributed by atoms with Gasteiger partial charge in [-0.3, -0.25) is 9.59 Å². The molecule has 1 saturated carbocycles. The van der Waals surface area contributed by atoms with Crippen LogP contribution < -0.4 is 4.90 Å².